The van der Waals surface area contributed by atoms with Gasteiger partial charge in [0.25, 0.3) is 6.47 Å². The molecule has 0 fully saturated rings. The molecule has 1 N–H and O–H groups in total. The normalized spacial score (nSPS) is 7.73. The van der Waals surface area contributed by atoms with Crippen molar-refractivity contribution >= 4 is 19.1 Å². The van der Waals surface area contributed by atoms with Gasteiger partial charge < -0.3 is 5.11 Å². The van der Waals surface area contributed by atoms with Gasteiger partial charge >= 0.3 is 0 Å². The molecule has 2 nitrogen and oxygen atoms in total. The van der Waals surface area contributed by atoms with Crippen LogP contribution in [0.25, 0.3) is 0 Å². The van der Waals surface area contributed by atoms with Crippen LogP contribution in [0.1, 0.15) is 5.56 Å². The smallest absolute Gasteiger partial charge is 0.290 e. The van der Waals surface area contributed by atoms with Gasteiger partial charge in [-0.05, 0) is 5.56 Å². The van der Waals surface area contributed by atoms with Gasteiger partial charge in [0, 0.05) is 5.75 Å². The molecule has 0 spiro atoms. The largest absolute Gasteiger partial charge is 0.483 e. The molecule has 0 unspecified atom stereocenters. The van der Waals surface area contributed by atoms with Gasteiger partial charge in [0.15, 0.2) is 0 Å². The van der Waals surface area contributed by atoms with E-state index in [2.05, 4.69) is 24.8 Å². The number of rotatable bonds is 1. The van der Waals surface area contributed by atoms with Crippen LogP contribution >= 0.6 is 12.6 Å². The van der Waals surface area contributed by atoms with Crippen molar-refractivity contribution in [2.45, 2.75) is 5.75 Å². The molecule has 0 heterocycles. The van der Waals surface area contributed by atoms with E-state index in [1.165, 1.54) is 5.56 Å². The van der Waals surface area contributed by atoms with Crippen LogP contribution < -0.4 is 0 Å². The van der Waals surface area contributed by atoms with Crippen molar-refractivity contribution in [2.75, 3.05) is 0 Å². The van der Waals surface area contributed by atoms with Crippen molar-refractivity contribution in [2.24, 2.45) is 0 Å². The SMILES string of the molecule is O=CO.SCc1ccccc1. The maximum Gasteiger partial charge on any atom is 0.290 e. The molecule has 11 heavy (non-hydrogen) atoms. The highest BCUT2D eigenvalue weighted by molar-refractivity contribution is 7.79. The lowest BCUT2D eigenvalue weighted by molar-refractivity contribution is -0.122. The number of hydrogen-bond donors (Lipinski definition) is 2. The third-order valence-corrected chi connectivity index (χ3v) is 1.39. The van der Waals surface area contributed by atoms with Crippen LogP contribution in [0.5, 0.6) is 0 Å². The maximum absolute atomic E-state index is 8.36. The number of hydrogen-bond acceptors (Lipinski definition) is 2. The van der Waals surface area contributed by atoms with E-state index in [1.54, 1.807) is 0 Å². The fraction of sp³-hybridized carbons (Fsp3) is 0.125. The monoisotopic (exact) mass is 170 g/mol. The Morgan fingerprint density at radius 2 is 1.82 bits per heavy atom. The highest BCUT2D eigenvalue weighted by Gasteiger charge is 1.80. The third kappa shape index (κ3) is 5.48. The predicted octanol–water partition coefficient (Wildman–Crippen LogP) is 1.82. The van der Waals surface area contributed by atoms with Crippen LogP contribution in [0, 0.1) is 0 Å². The van der Waals surface area contributed by atoms with Gasteiger partial charge in [-0.15, -0.1) is 0 Å². The van der Waals surface area contributed by atoms with Gasteiger partial charge in [0.2, 0.25) is 0 Å². The zero-order chi connectivity index (χ0) is 8.53. The minimum Gasteiger partial charge on any atom is -0.483 e. The van der Waals surface area contributed by atoms with Gasteiger partial charge in [0.05, 0.1) is 0 Å². The zero-order valence-electron chi connectivity index (χ0n) is 5.97. The Hall–Kier alpha value is -0.960. The molecule has 0 aromatic heterocycles. The summed E-state index contributed by atoms with van der Waals surface area (Å²) in [6.07, 6.45) is 0. The average molecular weight is 170 g/mol. The Labute approximate surface area is 71.3 Å². The molecule has 1 aromatic carbocycles. The molecule has 0 amide bonds. The molecule has 3 heteroatoms. The van der Waals surface area contributed by atoms with E-state index in [0.29, 0.717) is 0 Å². The van der Waals surface area contributed by atoms with Crippen LogP contribution in [0.15, 0.2) is 30.3 Å². The fourth-order valence-corrected chi connectivity index (χ4v) is 0.794. The van der Waals surface area contributed by atoms with Crippen LogP contribution in [0.3, 0.4) is 0 Å². The van der Waals surface area contributed by atoms with Gasteiger partial charge in [-0.25, -0.2) is 0 Å². The molecule has 0 saturated heterocycles. The van der Waals surface area contributed by atoms with Crippen molar-refractivity contribution in [3.8, 4) is 0 Å². The second-order valence-electron chi connectivity index (χ2n) is 1.75. The van der Waals surface area contributed by atoms with Gasteiger partial charge in [-0.2, -0.15) is 12.6 Å². The molecule has 0 radical (unpaired) electrons. The predicted molar refractivity (Wildman–Crippen MR) is 47.8 cm³/mol. The Balaban J connectivity index is 0.000000292. The summed E-state index contributed by atoms with van der Waals surface area (Å²) in [6, 6.07) is 10.2. The lowest BCUT2D eigenvalue weighted by atomic mass is 10.2. The first-order valence-electron chi connectivity index (χ1n) is 3.07. The third-order valence-electron chi connectivity index (χ3n) is 1.03. The summed E-state index contributed by atoms with van der Waals surface area (Å²) < 4.78 is 0. The summed E-state index contributed by atoms with van der Waals surface area (Å²) in [6.45, 7) is -0.250. The van der Waals surface area contributed by atoms with E-state index in [4.69, 9.17) is 9.90 Å². The molecule has 0 aliphatic heterocycles. The van der Waals surface area contributed by atoms with Crippen LogP contribution in [-0.4, -0.2) is 11.6 Å². The first-order valence-corrected chi connectivity index (χ1v) is 3.71. The number of carbonyl (C=O) groups is 1. The van der Waals surface area contributed by atoms with Crippen molar-refractivity contribution in [3.05, 3.63) is 35.9 Å². The standard InChI is InChI=1S/C7H8S.CH2O2/c8-6-7-4-2-1-3-5-7;2-1-3/h1-5,8H,6H2;1H,(H,2,3). The summed E-state index contributed by atoms with van der Waals surface area (Å²) in [5.41, 5.74) is 1.27. The molecule has 0 saturated carbocycles. The summed E-state index contributed by atoms with van der Waals surface area (Å²) >= 11 is 4.11. The van der Waals surface area contributed by atoms with Gasteiger partial charge in [0.1, 0.15) is 0 Å². The molecule has 0 aliphatic carbocycles. The van der Waals surface area contributed by atoms with Gasteiger partial charge in [-0.1, -0.05) is 30.3 Å². The lowest BCUT2D eigenvalue weighted by Gasteiger charge is -1.89. The molecule has 0 bridgehead atoms. The molecular weight excluding hydrogens is 160 g/mol. The summed E-state index contributed by atoms with van der Waals surface area (Å²) in [7, 11) is 0. The van der Waals surface area contributed by atoms with E-state index < -0.39 is 0 Å². The van der Waals surface area contributed by atoms with Crippen molar-refractivity contribution in [1.82, 2.24) is 0 Å². The molecule has 1 aromatic rings. The van der Waals surface area contributed by atoms with Gasteiger partial charge in [-0.3, -0.25) is 4.79 Å². The summed E-state index contributed by atoms with van der Waals surface area (Å²) in [5, 5.41) is 6.89. The second-order valence-corrected chi connectivity index (χ2v) is 2.07. The second kappa shape index (κ2) is 7.15. The lowest BCUT2D eigenvalue weighted by Crippen LogP contribution is -1.71. The number of benzene rings is 1. The first-order chi connectivity index (χ1) is 5.35. The topological polar surface area (TPSA) is 37.3 Å². The number of thiol groups is 1. The molecule has 1 rings (SSSR count). The number of carboxylic acid groups (broad SMARTS) is 1. The van der Waals surface area contributed by atoms with E-state index in [-0.39, 0.29) is 6.47 Å². The van der Waals surface area contributed by atoms with Crippen molar-refractivity contribution in [3.63, 3.8) is 0 Å². The Morgan fingerprint density at radius 1 is 1.36 bits per heavy atom. The first kappa shape index (κ1) is 10.0. The minimum absolute atomic E-state index is 0.250. The molecule has 0 atom stereocenters. The average Bonchev–Trinajstić information content (AvgIpc) is 2.08. The molecule has 0 aliphatic rings. The van der Waals surface area contributed by atoms with E-state index >= 15 is 0 Å². The minimum atomic E-state index is -0.250. The highest BCUT2D eigenvalue weighted by atomic mass is 32.1. The van der Waals surface area contributed by atoms with E-state index in [0.717, 1.165) is 5.75 Å². The molecule has 60 valence electrons. The quantitative estimate of drug-likeness (QED) is 0.498. The Bertz CT molecular complexity index is 187. The highest BCUT2D eigenvalue weighted by Crippen LogP contribution is 2.00. The van der Waals surface area contributed by atoms with Crippen LogP contribution in [0.2, 0.25) is 0 Å². The zero-order valence-corrected chi connectivity index (χ0v) is 6.87. The molecular formula is C8H10O2S. The van der Waals surface area contributed by atoms with Crippen molar-refractivity contribution < 1.29 is 9.90 Å². The van der Waals surface area contributed by atoms with E-state index in [9.17, 15) is 0 Å². The summed E-state index contributed by atoms with van der Waals surface area (Å²) in [5.74, 6) is 0.834. The Kier molecular flexibility index (Phi) is 6.53. The summed E-state index contributed by atoms with van der Waals surface area (Å²) in [4.78, 5) is 8.36. The van der Waals surface area contributed by atoms with E-state index in [1.807, 2.05) is 18.2 Å². The van der Waals surface area contributed by atoms with Crippen molar-refractivity contribution in [1.29, 1.82) is 0 Å². The Morgan fingerprint density at radius 3 is 2.09 bits per heavy atom. The fourth-order valence-electron chi connectivity index (χ4n) is 0.583. The van der Waals surface area contributed by atoms with Crippen LogP contribution in [0.4, 0.5) is 0 Å². The maximum atomic E-state index is 8.36. The van der Waals surface area contributed by atoms with Crippen LogP contribution in [-0.2, 0) is 10.5 Å².